The van der Waals surface area contributed by atoms with Crippen molar-refractivity contribution >= 4 is 17.3 Å². The molecule has 0 saturated carbocycles. The van der Waals surface area contributed by atoms with Crippen molar-refractivity contribution in [3.8, 4) is 0 Å². The lowest BCUT2D eigenvalue weighted by atomic mass is 10.1. The Bertz CT molecular complexity index is 572. The SMILES string of the molecule is CCCCCCCCNC(=S)N(CCCN1CCOCC1)Cc1ccc(CC)cc1. The van der Waals surface area contributed by atoms with Crippen LogP contribution in [0.1, 0.15) is 69.9 Å². The summed E-state index contributed by atoms with van der Waals surface area (Å²) in [5, 5.41) is 4.44. The van der Waals surface area contributed by atoms with Crippen LogP contribution >= 0.6 is 12.2 Å². The Hall–Kier alpha value is -1.17. The highest BCUT2D eigenvalue weighted by molar-refractivity contribution is 7.80. The molecule has 0 amide bonds. The van der Waals surface area contributed by atoms with E-state index in [1.807, 2.05) is 0 Å². The summed E-state index contributed by atoms with van der Waals surface area (Å²) in [5.41, 5.74) is 2.73. The highest BCUT2D eigenvalue weighted by Gasteiger charge is 2.13. The molecule has 0 radical (unpaired) electrons. The van der Waals surface area contributed by atoms with Crippen molar-refractivity contribution in [2.45, 2.75) is 71.8 Å². The fourth-order valence-corrected chi connectivity index (χ4v) is 4.13. The fourth-order valence-electron chi connectivity index (χ4n) is 3.88. The topological polar surface area (TPSA) is 27.7 Å². The van der Waals surface area contributed by atoms with E-state index < -0.39 is 0 Å². The van der Waals surface area contributed by atoms with Crippen LogP contribution in [-0.2, 0) is 17.7 Å². The van der Waals surface area contributed by atoms with Gasteiger partial charge in [-0.1, -0.05) is 70.2 Å². The Balaban J connectivity index is 1.79. The number of nitrogens with zero attached hydrogens (tertiary/aromatic N) is 2. The smallest absolute Gasteiger partial charge is 0.169 e. The Morgan fingerprint density at radius 1 is 0.967 bits per heavy atom. The minimum absolute atomic E-state index is 0.867. The van der Waals surface area contributed by atoms with Gasteiger partial charge in [-0.25, -0.2) is 0 Å². The van der Waals surface area contributed by atoms with E-state index in [9.17, 15) is 0 Å². The summed E-state index contributed by atoms with van der Waals surface area (Å²) in [6, 6.07) is 9.00. The van der Waals surface area contributed by atoms with Gasteiger partial charge in [0.2, 0.25) is 0 Å². The molecule has 30 heavy (non-hydrogen) atoms. The molecular formula is C25H43N3OS. The second-order valence-electron chi connectivity index (χ2n) is 8.40. The molecule has 2 rings (SSSR count). The minimum atomic E-state index is 0.867. The largest absolute Gasteiger partial charge is 0.379 e. The van der Waals surface area contributed by atoms with Gasteiger partial charge < -0.3 is 15.0 Å². The maximum Gasteiger partial charge on any atom is 0.169 e. The molecule has 4 nitrogen and oxygen atoms in total. The number of morpholine rings is 1. The number of ether oxygens (including phenoxy) is 1. The normalized spacial score (nSPS) is 14.6. The van der Waals surface area contributed by atoms with Gasteiger partial charge in [-0.15, -0.1) is 0 Å². The number of aryl methyl sites for hydroxylation is 1. The maximum absolute atomic E-state index is 5.79. The van der Waals surface area contributed by atoms with Gasteiger partial charge in [0.1, 0.15) is 0 Å². The molecule has 0 unspecified atom stereocenters. The summed E-state index contributed by atoms with van der Waals surface area (Å²) < 4.78 is 5.47. The van der Waals surface area contributed by atoms with Gasteiger partial charge in [0.05, 0.1) is 13.2 Å². The molecule has 0 atom stereocenters. The Morgan fingerprint density at radius 2 is 1.63 bits per heavy atom. The molecule has 1 aromatic carbocycles. The third-order valence-corrected chi connectivity index (χ3v) is 6.31. The van der Waals surface area contributed by atoms with Gasteiger partial charge in [0, 0.05) is 39.3 Å². The number of rotatable bonds is 14. The van der Waals surface area contributed by atoms with E-state index in [1.54, 1.807) is 0 Å². The second kappa shape index (κ2) is 15.6. The van der Waals surface area contributed by atoms with Crippen LogP contribution < -0.4 is 5.32 Å². The van der Waals surface area contributed by atoms with E-state index in [0.717, 1.165) is 70.4 Å². The van der Waals surface area contributed by atoms with Crippen LogP contribution in [0.2, 0.25) is 0 Å². The van der Waals surface area contributed by atoms with Gasteiger partial charge in [-0.2, -0.15) is 0 Å². The predicted octanol–water partition coefficient (Wildman–Crippen LogP) is 5.01. The first-order valence-corrected chi connectivity index (χ1v) is 12.5. The number of hydrogen-bond donors (Lipinski definition) is 1. The lowest BCUT2D eigenvalue weighted by Crippen LogP contribution is -2.42. The van der Waals surface area contributed by atoms with Crippen LogP contribution in [0.4, 0.5) is 0 Å². The average molecular weight is 434 g/mol. The van der Waals surface area contributed by atoms with Gasteiger partial charge in [-0.05, 0) is 42.6 Å². The first-order valence-electron chi connectivity index (χ1n) is 12.1. The van der Waals surface area contributed by atoms with E-state index in [-0.39, 0.29) is 0 Å². The minimum Gasteiger partial charge on any atom is -0.379 e. The van der Waals surface area contributed by atoms with E-state index >= 15 is 0 Å². The quantitative estimate of drug-likeness (QED) is 0.329. The maximum atomic E-state index is 5.79. The van der Waals surface area contributed by atoms with Crippen molar-refractivity contribution in [3.05, 3.63) is 35.4 Å². The van der Waals surface area contributed by atoms with Crippen LogP contribution in [0.3, 0.4) is 0 Å². The van der Waals surface area contributed by atoms with Crippen LogP contribution in [0.15, 0.2) is 24.3 Å². The third kappa shape index (κ3) is 10.2. The van der Waals surface area contributed by atoms with Gasteiger partial charge in [0.15, 0.2) is 5.11 Å². The van der Waals surface area contributed by atoms with Crippen LogP contribution in [-0.4, -0.2) is 60.8 Å². The van der Waals surface area contributed by atoms with Crippen molar-refractivity contribution in [3.63, 3.8) is 0 Å². The molecule has 170 valence electrons. The predicted molar refractivity (Wildman–Crippen MR) is 132 cm³/mol. The van der Waals surface area contributed by atoms with E-state index in [2.05, 4.69) is 53.2 Å². The van der Waals surface area contributed by atoms with Gasteiger partial charge in [-0.3, -0.25) is 4.90 Å². The first-order chi connectivity index (χ1) is 14.7. The van der Waals surface area contributed by atoms with E-state index in [0.29, 0.717) is 0 Å². The monoisotopic (exact) mass is 433 g/mol. The molecule has 1 N–H and O–H groups in total. The van der Waals surface area contributed by atoms with Crippen LogP contribution in [0, 0.1) is 0 Å². The highest BCUT2D eigenvalue weighted by atomic mass is 32.1. The molecule has 1 fully saturated rings. The van der Waals surface area contributed by atoms with Gasteiger partial charge in [0.25, 0.3) is 0 Å². The fraction of sp³-hybridized carbons (Fsp3) is 0.720. The van der Waals surface area contributed by atoms with Crippen LogP contribution in [0.25, 0.3) is 0 Å². The average Bonchev–Trinajstić information content (AvgIpc) is 2.79. The lowest BCUT2D eigenvalue weighted by Gasteiger charge is -2.29. The summed E-state index contributed by atoms with van der Waals surface area (Å²) in [7, 11) is 0. The molecule has 0 spiro atoms. The molecule has 0 aliphatic carbocycles. The molecule has 1 aliphatic heterocycles. The van der Waals surface area contributed by atoms with Crippen molar-refractivity contribution in [1.82, 2.24) is 15.1 Å². The molecule has 1 saturated heterocycles. The number of hydrogen-bond acceptors (Lipinski definition) is 3. The first kappa shape index (κ1) is 25.1. The van der Waals surface area contributed by atoms with Crippen molar-refractivity contribution in [2.24, 2.45) is 0 Å². The Labute approximate surface area is 190 Å². The zero-order valence-corrected chi connectivity index (χ0v) is 20.2. The van der Waals surface area contributed by atoms with Crippen LogP contribution in [0.5, 0.6) is 0 Å². The van der Waals surface area contributed by atoms with Crippen molar-refractivity contribution in [2.75, 3.05) is 45.9 Å². The number of thiocarbonyl (C=S) groups is 1. The summed E-state index contributed by atoms with van der Waals surface area (Å²) in [6.45, 7) is 12.3. The standard InChI is InChI=1S/C25H43N3OS/c1-3-5-6-7-8-9-15-26-25(30)28(17-10-16-27-18-20-29-21-19-27)22-24-13-11-23(4-2)12-14-24/h11-14H,3-10,15-22H2,1-2H3,(H,26,30). The molecule has 5 heteroatoms. The number of benzene rings is 1. The van der Waals surface area contributed by atoms with Crippen molar-refractivity contribution in [1.29, 1.82) is 0 Å². The van der Waals surface area contributed by atoms with E-state index in [4.69, 9.17) is 17.0 Å². The third-order valence-electron chi connectivity index (χ3n) is 5.90. The summed E-state index contributed by atoms with van der Waals surface area (Å²) >= 11 is 5.79. The van der Waals surface area contributed by atoms with Gasteiger partial charge >= 0.3 is 0 Å². The number of unbranched alkanes of at least 4 members (excludes halogenated alkanes) is 5. The highest BCUT2D eigenvalue weighted by Crippen LogP contribution is 2.10. The molecule has 0 bridgehead atoms. The summed E-state index contributed by atoms with van der Waals surface area (Å²) in [5.74, 6) is 0. The van der Waals surface area contributed by atoms with E-state index in [1.165, 1.54) is 49.7 Å². The zero-order valence-electron chi connectivity index (χ0n) is 19.3. The molecule has 1 aliphatic rings. The summed E-state index contributed by atoms with van der Waals surface area (Å²) in [6.07, 6.45) is 10.1. The molecule has 1 aromatic rings. The zero-order chi connectivity index (χ0) is 21.4. The second-order valence-corrected chi connectivity index (χ2v) is 8.79. The molecule has 1 heterocycles. The molecular weight excluding hydrogens is 390 g/mol. The Kier molecular flexibility index (Phi) is 13.1. The number of nitrogens with one attached hydrogen (secondary N) is 1. The lowest BCUT2D eigenvalue weighted by molar-refractivity contribution is 0.0367. The molecule has 0 aromatic heterocycles. The Morgan fingerprint density at radius 3 is 2.33 bits per heavy atom. The van der Waals surface area contributed by atoms with Crippen molar-refractivity contribution < 1.29 is 4.74 Å². The summed E-state index contributed by atoms with van der Waals surface area (Å²) in [4.78, 5) is 4.86.